The molecule has 0 unspecified atom stereocenters. The van der Waals surface area contributed by atoms with Crippen LogP contribution in [0.1, 0.15) is 40.2 Å². The quantitative estimate of drug-likeness (QED) is 0.691. The monoisotopic (exact) mass is 317 g/mol. The Hall–Kier alpha value is -2.62. The van der Waals surface area contributed by atoms with Crippen molar-refractivity contribution in [1.82, 2.24) is 14.3 Å². The van der Waals surface area contributed by atoms with Crippen molar-refractivity contribution >= 4 is 11.6 Å². The number of aromatic nitrogens is 2. The molecular weight excluding hydrogens is 298 g/mol. The van der Waals surface area contributed by atoms with Crippen molar-refractivity contribution in [2.75, 3.05) is 6.54 Å². The van der Waals surface area contributed by atoms with Crippen LogP contribution in [-0.4, -0.2) is 32.8 Å². The average molecular weight is 317 g/mol. The van der Waals surface area contributed by atoms with Crippen LogP contribution in [0.25, 0.3) is 5.65 Å². The summed E-state index contributed by atoms with van der Waals surface area (Å²) in [7, 11) is 0. The Balaban J connectivity index is 1.49. The van der Waals surface area contributed by atoms with E-state index in [9.17, 15) is 4.79 Å². The number of pyridine rings is 1. The van der Waals surface area contributed by atoms with Crippen LogP contribution < -0.4 is 0 Å². The van der Waals surface area contributed by atoms with Crippen LogP contribution >= 0.6 is 0 Å². The highest BCUT2D eigenvalue weighted by Gasteiger charge is 2.40. The molecule has 0 bridgehead atoms. The maximum Gasteiger partial charge on any atom is 0.255 e. The van der Waals surface area contributed by atoms with E-state index in [1.54, 1.807) is 6.20 Å². The Morgan fingerprint density at radius 2 is 2.08 bits per heavy atom. The van der Waals surface area contributed by atoms with Gasteiger partial charge in [-0.15, -0.1) is 0 Å². The number of likely N-dealkylation sites (tertiary alicyclic amines) is 1. The lowest BCUT2D eigenvalue weighted by Gasteiger charge is -2.38. The minimum absolute atomic E-state index is 0.146. The lowest BCUT2D eigenvalue weighted by Crippen LogP contribution is -2.46. The molecule has 1 aliphatic carbocycles. The predicted molar refractivity (Wildman–Crippen MR) is 92.1 cm³/mol. The molecule has 2 aliphatic rings. The number of fused-ring (bicyclic) bond motifs is 4. The third-order valence-electron chi connectivity index (χ3n) is 5.56. The maximum atomic E-state index is 13.2. The first-order valence-electron chi connectivity index (χ1n) is 8.63. The van der Waals surface area contributed by atoms with Gasteiger partial charge in [0, 0.05) is 37.1 Å². The normalized spacial score (nSPS) is 22.4. The first-order chi connectivity index (χ1) is 11.8. The summed E-state index contributed by atoms with van der Waals surface area (Å²) < 4.78 is 1.91. The van der Waals surface area contributed by atoms with Gasteiger partial charge < -0.3 is 9.30 Å². The number of amides is 1. The van der Waals surface area contributed by atoms with Gasteiger partial charge in [-0.25, -0.2) is 4.98 Å². The number of rotatable bonds is 1. The summed E-state index contributed by atoms with van der Waals surface area (Å²) in [5, 5.41) is 0. The van der Waals surface area contributed by atoms with E-state index in [0.29, 0.717) is 12.0 Å². The number of benzene rings is 1. The van der Waals surface area contributed by atoms with Gasteiger partial charge in [-0.1, -0.05) is 24.3 Å². The van der Waals surface area contributed by atoms with Crippen LogP contribution in [-0.2, 0) is 6.42 Å². The fourth-order valence-electron chi connectivity index (χ4n) is 4.44. The molecule has 1 saturated heterocycles. The van der Waals surface area contributed by atoms with Gasteiger partial charge in [-0.2, -0.15) is 0 Å². The minimum Gasteiger partial charge on any atom is -0.335 e. The van der Waals surface area contributed by atoms with E-state index in [2.05, 4.69) is 34.1 Å². The van der Waals surface area contributed by atoms with Crippen molar-refractivity contribution in [2.45, 2.75) is 31.2 Å². The van der Waals surface area contributed by atoms with E-state index in [-0.39, 0.29) is 5.91 Å². The SMILES string of the molecule is O=C(c1ccc2nccn2c1)N1CCC[C@@H]2c3ccccc3C[C@@H]21. The average Bonchev–Trinajstić information content (AvgIpc) is 3.24. The third kappa shape index (κ3) is 1.99. The summed E-state index contributed by atoms with van der Waals surface area (Å²) in [6.07, 6.45) is 8.79. The lowest BCUT2D eigenvalue weighted by atomic mass is 9.88. The molecule has 0 spiro atoms. The van der Waals surface area contributed by atoms with Gasteiger partial charge in [-0.05, 0) is 42.5 Å². The first-order valence-corrected chi connectivity index (χ1v) is 8.63. The van der Waals surface area contributed by atoms with Crippen molar-refractivity contribution < 1.29 is 4.79 Å². The van der Waals surface area contributed by atoms with Gasteiger partial charge >= 0.3 is 0 Å². The topological polar surface area (TPSA) is 37.6 Å². The highest BCUT2D eigenvalue weighted by Crippen LogP contribution is 2.42. The summed E-state index contributed by atoms with van der Waals surface area (Å²) in [5.74, 6) is 0.643. The van der Waals surface area contributed by atoms with Crippen LogP contribution in [0.3, 0.4) is 0 Å². The van der Waals surface area contributed by atoms with Crippen molar-refractivity contribution in [1.29, 1.82) is 0 Å². The molecule has 24 heavy (non-hydrogen) atoms. The zero-order valence-corrected chi connectivity index (χ0v) is 13.4. The zero-order chi connectivity index (χ0) is 16.1. The molecule has 1 aromatic carbocycles. The molecule has 1 aliphatic heterocycles. The lowest BCUT2D eigenvalue weighted by molar-refractivity contribution is 0.0595. The largest absolute Gasteiger partial charge is 0.335 e. The summed E-state index contributed by atoms with van der Waals surface area (Å²) in [4.78, 5) is 19.5. The Kier molecular flexibility index (Phi) is 2.98. The molecule has 3 heterocycles. The second kappa shape index (κ2) is 5.20. The van der Waals surface area contributed by atoms with Crippen LogP contribution in [0, 0.1) is 0 Å². The number of hydrogen-bond acceptors (Lipinski definition) is 2. The van der Waals surface area contributed by atoms with E-state index in [4.69, 9.17) is 0 Å². The van der Waals surface area contributed by atoms with Crippen molar-refractivity contribution in [3.8, 4) is 0 Å². The Labute approximate surface area is 140 Å². The molecule has 0 saturated carbocycles. The summed E-state index contributed by atoms with van der Waals surface area (Å²) >= 11 is 0. The van der Waals surface area contributed by atoms with Crippen LogP contribution in [0.15, 0.2) is 55.0 Å². The zero-order valence-electron chi connectivity index (χ0n) is 13.4. The third-order valence-corrected chi connectivity index (χ3v) is 5.56. The number of carbonyl (C=O) groups is 1. The fraction of sp³-hybridized carbons (Fsp3) is 0.300. The molecule has 4 heteroatoms. The molecule has 0 radical (unpaired) electrons. The Morgan fingerprint density at radius 3 is 3.04 bits per heavy atom. The smallest absolute Gasteiger partial charge is 0.255 e. The van der Waals surface area contributed by atoms with Gasteiger partial charge in [0.05, 0.1) is 5.56 Å². The van der Waals surface area contributed by atoms with E-state index in [1.165, 1.54) is 17.5 Å². The standard InChI is InChI=1S/C20H19N3O/c24-20(15-7-8-19-21-9-11-22(19)13-15)23-10-3-6-17-16-5-2-1-4-14(16)12-18(17)23/h1-2,4-5,7-9,11,13,17-18H,3,6,10,12H2/t17-,18+/m1/s1. The molecule has 1 fully saturated rings. The van der Waals surface area contributed by atoms with Crippen LogP contribution in [0.5, 0.6) is 0 Å². The highest BCUT2D eigenvalue weighted by atomic mass is 16.2. The molecule has 5 rings (SSSR count). The molecule has 120 valence electrons. The van der Waals surface area contributed by atoms with Crippen LogP contribution in [0.4, 0.5) is 0 Å². The number of nitrogens with zero attached hydrogens (tertiary/aromatic N) is 3. The number of imidazole rings is 1. The van der Waals surface area contributed by atoms with Gasteiger partial charge in [-0.3, -0.25) is 4.79 Å². The highest BCUT2D eigenvalue weighted by molar-refractivity contribution is 5.94. The molecule has 2 atom stereocenters. The maximum absolute atomic E-state index is 13.2. The first kappa shape index (κ1) is 13.8. The second-order valence-electron chi connectivity index (χ2n) is 6.83. The van der Waals surface area contributed by atoms with Crippen molar-refractivity contribution in [2.24, 2.45) is 0 Å². The van der Waals surface area contributed by atoms with Gasteiger partial charge in [0.15, 0.2) is 0 Å². The van der Waals surface area contributed by atoms with Gasteiger partial charge in [0.1, 0.15) is 5.65 Å². The predicted octanol–water partition coefficient (Wildman–Crippen LogP) is 3.28. The summed E-state index contributed by atoms with van der Waals surface area (Å²) in [5.41, 5.74) is 4.48. The molecule has 1 amide bonds. The van der Waals surface area contributed by atoms with Crippen LogP contribution in [0.2, 0.25) is 0 Å². The minimum atomic E-state index is 0.146. The fourth-order valence-corrected chi connectivity index (χ4v) is 4.44. The second-order valence-corrected chi connectivity index (χ2v) is 6.83. The molecule has 3 aromatic rings. The molecule has 0 N–H and O–H groups in total. The summed E-state index contributed by atoms with van der Waals surface area (Å²) in [6, 6.07) is 12.8. The van der Waals surface area contributed by atoms with E-state index in [1.807, 2.05) is 28.9 Å². The van der Waals surface area contributed by atoms with Gasteiger partial charge in [0.2, 0.25) is 0 Å². The number of hydrogen-bond donors (Lipinski definition) is 0. The van der Waals surface area contributed by atoms with E-state index >= 15 is 0 Å². The number of carbonyl (C=O) groups excluding carboxylic acids is 1. The van der Waals surface area contributed by atoms with Gasteiger partial charge in [0.25, 0.3) is 5.91 Å². The Bertz CT molecular complexity index is 929. The van der Waals surface area contributed by atoms with E-state index < -0.39 is 0 Å². The van der Waals surface area contributed by atoms with Crippen molar-refractivity contribution in [3.63, 3.8) is 0 Å². The molecule has 2 aromatic heterocycles. The van der Waals surface area contributed by atoms with E-state index in [0.717, 1.165) is 30.6 Å². The molecular formula is C20H19N3O. The summed E-state index contributed by atoms with van der Waals surface area (Å²) in [6.45, 7) is 0.857. The Morgan fingerprint density at radius 1 is 1.17 bits per heavy atom. The van der Waals surface area contributed by atoms with Crippen molar-refractivity contribution in [3.05, 3.63) is 71.7 Å². The molecule has 4 nitrogen and oxygen atoms in total. The number of piperidine rings is 1.